The lowest BCUT2D eigenvalue weighted by Crippen LogP contribution is -2.70. The topological polar surface area (TPSA) is 445 Å². The summed E-state index contributed by atoms with van der Waals surface area (Å²) in [6.45, 7) is -2.51. The molecule has 0 unspecified atom stereocenters. The van der Waals surface area contributed by atoms with Gasteiger partial charge in [0.15, 0.2) is 31.5 Å². The summed E-state index contributed by atoms with van der Waals surface area (Å²) < 4.78 is 50.7. The van der Waals surface area contributed by atoms with E-state index < -0.39 is 198 Å². The smallest absolute Gasteiger partial charge is 0.217 e. The molecule has 0 spiro atoms. The Morgan fingerprint density at radius 2 is 0.726 bits per heavy atom. The van der Waals surface area contributed by atoms with Crippen LogP contribution < -0.4 is 10.6 Å². The van der Waals surface area contributed by atoms with Crippen LogP contribution in [-0.4, -0.2) is 275 Å². The molecule has 0 saturated carbocycles. The summed E-state index contributed by atoms with van der Waals surface area (Å²) in [5.41, 5.74) is 0. The lowest BCUT2D eigenvalue weighted by atomic mass is 9.94. The first kappa shape index (κ1) is 51.0. The van der Waals surface area contributed by atoms with Crippen LogP contribution in [0.5, 0.6) is 0 Å². The fourth-order valence-corrected chi connectivity index (χ4v) is 7.83. The number of carbonyl (C=O) groups is 2. The molecule has 5 aliphatic heterocycles. The number of ether oxygens (including phenoxy) is 9. The predicted octanol–water partition coefficient (Wildman–Crippen LogP) is -11.6. The van der Waals surface area contributed by atoms with Crippen molar-refractivity contribution in [3.63, 3.8) is 0 Å². The molecule has 28 nitrogen and oxygen atoms in total. The van der Waals surface area contributed by atoms with E-state index in [-0.39, 0.29) is 0 Å². The lowest BCUT2D eigenvalue weighted by Gasteiger charge is -2.50. The molecule has 0 aromatic rings. The van der Waals surface area contributed by atoms with Crippen LogP contribution in [0.15, 0.2) is 0 Å². The molecule has 5 saturated heterocycles. The second-order valence-corrected chi connectivity index (χ2v) is 15.4. The van der Waals surface area contributed by atoms with Gasteiger partial charge in [-0.3, -0.25) is 9.59 Å². The quantitative estimate of drug-likeness (QED) is 0.0725. The molecule has 17 N–H and O–H groups in total. The van der Waals surface area contributed by atoms with Crippen LogP contribution in [0.4, 0.5) is 0 Å². The van der Waals surface area contributed by atoms with Crippen LogP contribution in [0.25, 0.3) is 0 Å². The van der Waals surface area contributed by atoms with Crippen molar-refractivity contribution in [1.82, 2.24) is 10.6 Å². The largest absolute Gasteiger partial charge is 0.394 e. The van der Waals surface area contributed by atoms with Gasteiger partial charge < -0.3 is 130 Å². The third-order valence-electron chi connectivity index (χ3n) is 11.1. The molecule has 5 fully saturated rings. The Hall–Kier alpha value is -2.02. The number of aliphatic hydroxyl groups excluding tert-OH is 15. The van der Waals surface area contributed by atoms with Crippen molar-refractivity contribution in [1.29, 1.82) is 0 Å². The molecule has 5 aliphatic rings. The average Bonchev–Trinajstić information content (AvgIpc) is 3.23. The summed E-state index contributed by atoms with van der Waals surface area (Å²) in [5.74, 6) is -1.52. The normalized spacial score (nSPS) is 49.0. The highest BCUT2D eigenvalue weighted by molar-refractivity contribution is 5.73. The Bertz CT molecular complexity index is 1440. The van der Waals surface area contributed by atoms with E-state index in [0.717, 1.165) is 13.8 Å². The third kappa shape index (κ3) is 10.8. The van der Waals surface area contributed by atoms with Gasteiger partial charge in [0.1, 0.15) is 122 Å². The molecule has 2 amide bonds. The highest BCUT2D eigenvalue weighted by atomic mass is 16.8. The fraction of sp³-hybridized carbons (Fsp3) is 0.941. The van der Waals surface area contributed by atoms with E-state index >= 15 is 0 Å². The number of rotatable bonds is 15. The minimum Gasteiger partial charge on any atom is -0.394 e. The highest BCUT2D eigenvalue weighted by Crippen LogP contribution is 2.36. The molecule has 5 heterocycles. The molecular formula is C34H58N2O26. The molecule has 5 rings (SSSR count). The van der Waals surface area contributed by atoms with Gasteiger partial charge in [-0.05, 0) is 0 Å². The minimum absolute atomic E-state index is 0.711. The molecule has 0 radical (unpaired) electrons. The fourth-order valence-electron chi connectivity index (χ4n) is 7.83. The van der Waals surface area contributed by atoms with Crippen LogP contribution >= 0.6 is 0 Å². The zero-order chi connectivity index (χ0) is 45.9. The number of hydrogen-bond acceptors (Lipinski definition) is 26. The summed E-state index contributed by atoms with van der Waals surface area (Å²) in [5, 5.41) is 163. The monoisotopic (exact) mass is 910 g/mol. The van der Waals surface area contributed by atoms with Gasteiger partial charge >= 0.3 is 0 Å². The maximum absolute atomic E-state index is 12.4. The summed E-state index contributed by atoms with van der Waals surface area (Å²) in [7, 11) is 0. The van der Waals surface area contributed by atoms with Crippen molar-refractivity contribution in [2.45, 2.75) is 167 Å². The third-order valence-corrected chi connectivity index (χ3v) is 11.1. The van der Waals surface area contributed by atoms with Gasteiger partial charge in [0.05, 0.1) is 33.0 Å². The van der Waals surface area contributed by atoms with Crippen LogP contribution in [0.1, 0.15) is 13.8 Å². The zero-order valence-corrected chi connectivity index (χ0v) is 33.2. The van der Waals surface area contributed by atoms with Gasteiger partial charge in [-0.15, -0.1) is 0 Å². The number of nitrogens with one attached hydrogen (secondary N) is 2. The average molecular weight is 911 g/mol. The number of amides is 2. The van der Waals surface area contributed by atoms with Gasteiger partial charge in [0, 0.05) is 13.8 Å². The summed E-state index contributed by atoms with van der Waals surface area (Å²) in [6.07, 6.45) is -42.4. The van der Waals surface area contributed by atoms with E-state index in [1.807, 2.05) is 0 Å². The first-order chi connectivity index (χ1) is 29.3. The molecule has 360 valence electrons. The Morgan fingerprint density at radius 3 is 1.18 bits per heavy atom. The van der Waals surface area contributed by atoms with E-state index in [1.165, 1.54) is 0 Å². The van der Waals surface area contributed by atoms with Crippen LogP contribution in [0, 0.1) is 0 Å². The van der Waals surface area contributed by atoms with Gasteiger partial charge in [-0.1, -0.05) is 0 Å². The van der Waals surface area contributed by atoms with Crippen LogP contribution in [-0.2, 0) is 52.2 Å². The van der Waals surface area contributed by atoms with Gasteiger partial charge in [-0.25, -0.2) is 0 Å². The summed E-state index contributed by atoms with van der Waals surface area (Å²) in [6, 6.07) is -3.22. The van der Waals surface area contributed by atoms with Crippen molar-refractivity contribution < 1.29 is 129 Å². The highest BCUT2D eigenvalue weighted by Gasteiger charge is 2.57. The van der Waals surface area contributed by atoms with Crippen molar-refractivity contribution in [2.24, 2.45) is 0 Å². The van der Waals surface area contributed by atoms with Crippen molar-refractivity contribution >= 4 is 11.8 Å². The van der Waals surface area contributed by atoms with E-state index in [0.29, 0.717) is 0 Å². The Labute approximate surface area is 351 Å². The molecule has 62 heavy (non-hydrogen) atoms. The zero-order valence-electron chi connectivity index (χ0n) is 33.2. The molecule has 28 heteroatoms. The maximum atomic E-state index is 12.4. The first-order valence-corrected chi connectivity index (χ1v) is 19.6. The second kappa shape index (κ2) is 22.0. The second-order valence-electron chi connectivity index (χ2n) is 15.4. The van der Waals surface area contributed by atoms with Gasteiger partial charge in [0.2, 0.25) is 11.8 Å². The van der Waals surface area contributed by atoms with Crippen molar-refractivity contribution in [3.05, 3.63) is 0 Å². The number of carbonyl (C=O) groups excluding carboxylic acids is 2. The maximum Gasteiger partial charge on any atom is 0.217 e. The van der Waals surface area contributed by atoms with E-state index in [1.54, 1.807) is 0 Å². The number of aliphatic hydroxyl groups is 15. The van der Waals surface area contributed by atoms with E-state index in [9.17, 15) is 86.2 Å². The van der Waals surface area contributed by atoms with Crippen molar-refractivity contribution in [2.75, 3.05) is 33.0 Å². The van der Waals surface area contributed by atoms with E-state index in [4.69, 9.17) is 42.6 Å². The van der Waals surface area contributed by atoms with Crippen LogP contribution in [0.2, 0.25) is 0 Å². The molecule has 25 atom stereocenters. The van der Waals surface area contributed by atoms with E-state index in [2.05, 4.69) is 10.6 Å². The molecule has 0 bridgehead atoms. The molecule has 0 aromatic heterocycles. The Balaban J connectivity index is 1.37. The predicted molar refractivity (Wildman–Crippen MR) is 190 cm³/mol. The SMILES string of the molecule is CC(=O)N[C@H]1[C@H](O[C@H]2[C@@H](O)[C@@H](CO)O[C@@H](O[C@H]3[C@@H](O)[C@@H](CO)O[C@@H](O[C@H]4[C@H](O)[C@@H](O)[C@H](O)O[C@@H]4CO)[C@@H]3O)[C@@H]2O)O[C@H](CO)[C@@H](O[C@@H]2O[C@H](CO)[C@H](O)[C@H](O)[C@H]2NC(C)=O)[C@@H]1O. The molecular weight excluding hydrogens is 852 g/mol. The Morgan fingerprint density at radius 1 is 0.387 bits per heavy atom. The lowest BCUT2D eigenvalue weighted by molar-refractivity contribution is -0.388. The van der Waals surface area contributed by atoms with Gasteiger partial charge in [-0.2, -0.15) is 0 Å². The minimum atomic E-state index is -2.18. The Kier molecular flexibility index (Phi) is 18.1. The van der Waals surface area contributed by atoms with Gasteiger partial charge in [0.25, 0.3) is 0 Å². The first-order valence-electron chi connectivity index (χ1n) is 19.6. The molecule has 0 aliphatic carbocycles. The number of hydrogen-bond donors (Lipinski definition) is 17. The van der Waals surface area contributed by atoms with Crippen molar-refractivity contribution in [3.8, 4) is 0 Å². The molecule has 0 aromatic carbocycles. The van der Waals surface area contributed by atoms with Crippen LogP contribution in [0.3, 0.4) is 0 Å². The summed E-state index contributed by atoms with van der Waals surface area (Å²) in [4.78, 5) is 24.4. The standard InChI is InChI=1S/C34H58N2O26/c1-8(42)35-15-20(47)17(44)10(3-37)55-31(15)59-26-14(7-41)58-32(16(21(26)48)36-9(2)43)61-28-18(45)11(4-38)57-34(24(28)51)62-29-19(46)12(5-39)56-33(25(29)52)60-27-13(6-40)54-30(53)23(50)22(27)49/h10-34,37-41,44-53H,3-7H2,1-2H3,(H,35,42)(H,36,43)/t10-,11-,12-,13-,14-,15-,16-,17+,18+,19+,20-,21-,22-,23-,24-,25-,26-,27-,28+,29+,30-,31+,32+,33+,34+/m1/s1. The summed E-state index contributed by atoms with van der Waals surface area (Å²) >= 11 is 0.